The summed E-state index contributed by atoms with van der Waals surface area (Å²) in [6, 6.07) is 7.55. The molecule has 1 aromatic carbocycles. The van der Waals surface area contributed by atoms with E-state index in [0.29, 0.717) is 38.4 Å². The summed E-state index contributed by atoms with van der Waals surface area (Å²) in [4.78, 5) is 39.9. The van der Waals surface area contributed by atoms with Crippen molar-refractivity contribution < 1.29 is 9.59 Å². The lowest BCUT2D eigenvalue weighted by Gasteiger charge is -2.35. The molecule has 0 unspecified atom stereocenters. The number of piperidine rings is 1. The first kappa shape index (κ1) is 17.9. The van der Waals surface area contributed by atoms with Crippen molar-refractivity contribution in [3.63, 3.8) is 0 Å². The van der Waals surface area contributed by atoms with Gasteiger partial charge in [-0.25, -0.2) is 4.98 Å². The summed E-state index contributed by atoms with van der Waals surface area (Å²) in [7, 11) is 0. The molecule has 0 saturated carbocycles. The molecule has 1 aromatic heterocycles. The zero-order valence-corrected chi connectivity index (χ0v) is 15.5. The fourth-order valence-corrected chi connectivity index (χ4v) is 3.77. The lowest BCUT2D eigenvalue weighted by molar-refractivity contribution is -0.133. The smallest absolute Gasteiger partial charge is 0.274 e. The number of piperazine rings is 1. The Labute approximate surface area is 159 Å². The van der Waals surface area contributed by atoms with Gasteiger partial charge in [0.25, 0.3) is 5.91 Å². The largest absolute Gasteiger partial charge is 0.342 e. The summed E-state index contributed by atoms with van der Waals surface area (Å²) < 4.78 is 0. The molecule has 7 heteroatoms. The number of rotatable bonds is 3. The van der Waals surface area contributed by atoms with Crippen molar-refractivity contribution in [3.8, 4) is 0 Å². The molecule has 0 atom stereocenters. The number of fused-ring (bicyclic) bond motifs is 1. The van der Waals surface area contributed by atoms with E-state index in [-0.39, 0.29) is 11.8 Å². The summed E-state index contributed by atoms with van der Waals surface area (Å²) in [6.07, 6.45) is 5.00. The highest BCUT2D eigenvalue weighted by Gasteiger charge is 2.26. The first-order chi connectivity index (χ1) is 13.2. The quantitative estimate of drug-likeness (QED) is 0.820. The van der Waals surface area contributed by atoms with E-state index in [4.69, 9.17) is 0 Å². The van der Waals surface area contributed by atoms with Crippen LogP contribution in [0.4, 0.5) is 0 Å². The van der Waals surface area contributed by atoms with Crippen LogP contribution in [-0.4, -0.2) is 82.3 Å². The minimum atomic E-state index is -0.0877. The van der Waals surface area contributed by atoms with Crippen molar-refractivity contribution in [3.05, 3.63) is 36.2 Å². The molecule has 0 bridgehead atoms. The molecule has 142 valence electrons. The summed E-state index contributed by atoms with van der Waals surface area (Å²) >= 11 is 0. The number of hydrogen-bond donors (Lipinski definition) is 0. The summed E-state index contributed by atoms with van der Waals surface area (Å²) in [5.74, 6) is 0.130. The molecular formula is C20H25N5O2. The van der Waals surface area contributed by atoms with Gasteiger partial charge < -0.3 is 9.80 Å². The minimum absolute atomic E-state index is 0.0877. The Hall–Kier alpha value is -2.54. The maximum absolute atomic E-state index is 12.7. The zero-order valence-electron chi connectivity index (χ0n) is 15.5. The van der Waals surface area contributed by atoms with E-state index in [1.807, 2.05) is 29.2 Å². The van der Waals surface area contributed by atoms with E-state index >= 15 is 0 Å². The van der Waals surface area contributed by atoms with Crippen LogP contribution in [0.2, 0.25) is 0 Å². The Balaban J connectivity index is 1.32. The highest BCUT2D eigenvalue weighted by molar-refractivity contribution is 5.93. The van der Waals surface area contributed by atoms with Gasteiger partial charge in [-0.3, -0.25) is 19.5 Å². The standard InChI is InChI=1S/C20H25N5O2/c26-19(24-8-4-1-5-9-24)15-23-10-12-25(13-11-23)20(27)18-14-21-16-6-2-3-7-17(16)22-18/h2-3,6-7,14H,1,4-5,8-13,15H2. The van der Waals surface area contributed by atoms with Crippen molar-refractivity contribution in [2.45, 2.75) is 19.3 Å². The maximum Gasteiger partial charge on any atom is 0.274 e. The van der Waals surface area contributed by atoms with Crippen LogP contribution in [0.15, 0.2) is 30.5 Å². The molecule has 2 amide bonds. The molecule has 2 aliphatic rings. The number of nitrogens with zero attached hydrogens (tertiary/aromatic N) is 5. The number of benzene rings is 1. The van der Waals surface area contributed by atoms with Gasteiger partial charge in [-0.15, -0.1) is 0 Å². The maximum atomic E-state index is 12.7. The molecule has 0 N–H and O–H groups in total. The van der Waals surface area contributed by atoms with Gasteiger partial charge in [0, 0.05) is 39.3 Å². The second-order valence-corrected chi connectivity index (χ2v) is 7.25. The fourth-order valence-electron chi connectivity index (χ4n) is 3.77. The van der Waals surface area contributed by atoms with Crippen LogP contribution in [0.3, 0.4) is 0 Å². The minimum Gasteiger partial charge on any atom is -0.342 e. The molecule has 0 radical (unpaired) electrons. The first-order valence-corrected chi connectivity index (χ1v) is 9.72. The molecule has 2 saturated heterocycles. The summed E-state index contributed by atoms with van der Waals surface area (Å²) in [5, 5.41) is 0. The Morgan fingerprint density at radius 2 is 1.56 bits per heavy atom. The molecule has 2 aromatic rings. The molecule has 4 rings (SSSR count). The van der Waals surface area contributed by atoms with Crippen LogP contribution < -0.4 is 0 Å². The van der Waals surface area contributed by atoms with Gasteiger partial charge in [0.1, 0.15) is 5.69 Å². The fraction of sp³-hybridized carbons (Fsp3) is 0.500. The third-order valence-corrected chi connectivity index (χ3v) is 5.39. The Morgan fingerprint density at radius 1 is 0.852 bits per heavy atom. The first-order valence-electron chi connectivity index (χ1n) is 9.72. The predicted octanol–water partition coefficient (Wildman–Crippen LogP) is 1.40. The van der Waals surface area contributed by atoms with Crippen LogP contribution in [0, 0.1) is 0 Å². The van der Waals surface area contributed by atoms with Crippen molar-refractivity contribution in [1.29, 1.82) is 0 Å². The lowest BCUT2D eigenvalue weighted by Crippen LogP contribution is -2.52. The molecule has 0 aliphatic carbocycles. The average Bonchev–Trinajstić information content (AvgIpc) is 2.74. The third kappa shape index (κ3) is 4.08. The van der Waals surface area contributed by atoms with Gasteiger partial charge in [-0.05, 0) is 31.4 Å². The van der Waals surface area contributed by atoms with Crippen LogP contribution in [0.5, 0.6) is 0 Å². The zero-order chi connectivity index (χ0) is 18.6. The second-order valence-electron chi connectivity index (χ2n) is 7.25. The SMILES string of the molecule is O=C(CN1CCN(C(=O)c2cnc3ccccc3n2)CC1)N1CCCCC1. The Kier molecular flexibility index (Phi) is 5.29. The number of amides is 2. The number of para-hydroxylation sites is 2. The van der Waals surface area contributed by atoms with Crippen LogP contribution in [0.1, 0.15) is 29.8 Å². The van der Waals surface area contributed by atoms with E-state index in [2.05, 4.69) is 14.9 Å². The van der Waals surface area contributed by atoms with Crippen LogP contribution >= 0.6 is 0 Å². The average molecular weight is 367 g/mol. The summed E-state index contributed by atoms with van der Waals surface area (Å²) in [5.41, 5.74) is 1.90. The van der Waals surface area contributed by atoms with Crippen molar-refractivity contribution in [1.82, 2.24) is 24.7 Å². The van der Waals surface area contributed by atoms with Crippen LogP contribution in [0.25, 0.3) is 11.0 Å². The van der Waals surface area contributed by atoms with Crippen molar-refractivity contribution in [2.75, 3.05) is 45.8 Å². The Bertz CT molecular complexity index is 826. The predicted molar refractivity (Wildman–Crippen MR) is 102 cm³/mol. The number of carbonyl (C=O) groups is 2. The number of hydrogen-bond acceptors (Lipinski definition) is 5. The van der Waals surface area contributed by atoms with E-state index in [9.17, 15) is 9.59 Å². The van der Waals surface area contributed by atoms with Gasteiger partial charge in [-0.2, -0.15) is 0 Å². The lowest BCUT2D eigenvalue weighted by atomic mass is 10.1. The number of carbonyl (C=O) groups excluding carboxylic acids is 2. The van der Waals surface area contributed by atoms with Gasteiger partial charge in [0.15, 0.2) is 0 Å². The molecule has 7 nitrogen and oxygen atoms in total. The Morgan fingerprint density at radius 3 is 2.30 bits per heavy atom. The van der Waals surface area contributed by atoms with E-state index in [0.717, 1.165) is 37.0 Å². The van der Waals surface area contributed by atoms with E-state index in [1.54, 1.807) is 11.1 Å². The molecule has 3 heterocycles. The molecule has 27 heavy (non-hydrogen) atoms. The van der Waals surface area contributed by atoms with Crippen molar-refractivity contribution >= 4 is 22.8 Å². The monoisotopic (exact) mass is 367 g/mol. The number of aromatic nitrogens is 2. The molecular weight excluding hydrogens is 342 g/mol. The number of likely N-dealkylation sites (tertiary alicyclic amines) is 1. The van der Waals surface area contributed by atoms with Gasteiger partial charge in [-0.1, -0.05) is 12.1 Å². The second kappa shape index (κ2) is 8.00. The van der Waals surface area contributed by atoms with Crippen LogP contribution in [-0.2, 0) is 4.79 Å². The topological polar surface area (TPSA) is 69.6 Å². The van der Waals surface area contributed by atoms with E-state index in [1.165, 1.54) is 6.42 Å². The van der Waals surface area contributed by atoms with E-state index < -0.39 is 0 Å². The normalized spacial score (nSPS) is 18.7. The van der Waals surface area contributed by atoms with Gasteiger partial charge in [0.05, 0.1) is 23.8 Å². The van der Waals surface area contributed by atoms with Crippen molar-refractivity contribution in [2.24, 2.45) is 0 Å². The highest BCUT2D eigenvalue weighted by Crippen LogP contribution is 2.13. The van der Waals surface area contributed by atoms with Gasteiger partial charge >= 0.3 is 0 Å². The molecule has 2 fully saturated rings. The summed E-state index contributed by atoms with van der Waals surface area (Å²) in [6.45, 7) is 4.88. The third-order valence-electron chi connectivity index (χ3n) is 5.39. The highest BCUT2D eigenvalue weighted by atomic mass is 16.2. The van der Waals surface area contributed by atoms with Gasteiger partial charge in [0.2, 0.25) is 5.91 Å². The molecule has 0 spiro atoms. The molecule has 2 aliphatic heterocycles.